The maximum Gasteiger partial charge on any atom is 0.233 e. The summed E-state index contributed by atoms with van der Waals surface area (Å²) in [7, 11) is 0. The summed E-state index contributed by atoms with van der Waals surface area (Å²) in [5.74, 6) is 0.939. The number of benzene rings is 1. The number of amides is 1. The Hall–Kier alpha value is -2.31. The first-order chi connectivity index (χ1) is 11.6. The van der Waals surface area contributed by atoms with Gasteiger partial charge in [0.25, 0.3) is 0 Å². The van der Waals surface area contributed by atoms with Crippen LogP contribution in [-0.2, 0) is 4.79 Å². The lowest BCUT2D eigenvalue weighted by Crippen LogP contribution is -2.33. The first-order valence-electron chi connectivity index (χ1n) is 8.48. The molecule has 0 unspecified atom stereocenters. The average molecular weight is 332 g/mol. The fourth-order valence-corrected chi connectivity index (χ4v) is 3.66. The Morgan fingerprint density at radius 3 is 2.75 bits per heavy atom. The van der Waals surface area contributed by atoms with Gasteiger partial charge < -0.3 is 14.4 Å². The van der Waals surface area contributed by atoms with E-state index in [0.29, 0.717) is 26.2 Å². The molecule has 2 heterocycles. The van der Waals surface area contributed by atoms with Crippen LogP contribution in [0.3, 0.4) is 0 Å². The standard InChI is InChI=1S/C17H20N2O5/c20-17(12-10-14(12)19(21)22)18-6-1-3-13(18)11-4-5-15-16(9-11)24-8-2-7-23-15/h4-5,9,12-14H,1-3,6-8,10H2/t12-,13-,14+/m1/s1. The second kappa shape index (κ2) is 5.96. The zero-order chi connectivity index (χ0) is 16.7. The average Bonchev–Trinajstić information content (AvgIpc) is 3.29. The van der Waals surface area contributed by atoms with Crippen LogP contribution < -0.4 is 9.47 Å². The molecule has 0 radical (unpaired) electrons. The van der Waals surface area contributed by atoms with Gasteiger partial charge in [-0.25, -0.2) is 0 Å². The van der Waals surface area contributed by atoms with Gasteiger partial charge in [0, 0.05) is 24.3 Å². The number of ether oxygens (including phenoxy) is 2. The maximum atomic E-state index is 12.6. The van der Waals surface area contributed by atoms with Crippen molar-refractivity contribution >= 4 is 5.91 Å². The summed E-state index contributed by atoms with van der Waals surface area (Å²) in [6.45, 7) is 1.93. The van der Waals surface area contributed by atoms with Gasteiger partial charge in [-0.2, -0.15) is 0 Å². The third kappa shape index (κ3) is 2.68. The lowest BCUT2D eigenvalue weighted by atomic mass is 10.0. The highest BCUT2D eigenvalue weighted by Gasteiger charge is 2.55. The van der Waals surface area contributed by atoms with E-state index in [1.165, 1.54) is 0 Å². The molecular formula is C17H20N2O5. The molecule has 2 fully saturated rings. The zero-order valence-electron chi connectivity index (χ0n) is 13.3. The predicted octanol–water partition coefficient (Wildman–Crippen LogP) is 2.18. The first-order valence-corrected chi connectivity index (χ1v) is 8.48. The van der Waals surface area contributed by atoms with Gasteiger partial charge in [-0.15, -0.1) is 0 Å². The summed E-state index contributed by atoms with van der Waals surface area (Å²) < 4.78 is 11.4. The fraction of sp³-hybridized carbons (Fsp3) is 0.588. The number of hydrogen-bond donors (Lipinski definition) is 0. The predicted molar refractivity (Wildman–Crippen MR) is 84.6 cm³/mol. The van der Waals surface area contributed by atoms with Crippen molar-refractivity contribution in [2.24, 2.45) is 5.92 Å². The number of nitrogens with zero attached hydrogens (tertiary/aromatic N) is 2. The van der Waals surface area contributed by atoms with E-state index in [4.69, 9.17) is 9.47 Å². The van der Waals surface area contributed by atoms with Gasteiger partial charge in [-0.3, -0.25) is 14.9 Å². The van der Waals surface area contributed by atoms with Gasteiger partial charge >= 0.3 is 0 Å². The summed E-state index contributed by atoms with van der Waals surface area (Å²) in [5, 5.41) is 10.8. The molecule has 1 aromatic carbocycles. The van der Waals surface area contributed by atoms with Crippen LogP contribution in [0.4, 0.5) is 0 Å². The third-order valence-electron chi connectivity index (χ3n) is 5.04. The summed E-state index contributed by atoms with van der Waals surface area (Å²) in [6, 6.07) is 5.11. The van der Waals surface area contributed by atoms with Crippen LogP contribution >= 0.6 is 0 Å². The van der Waals surface area contributed by atoms with Crippen LogP contribution in [0.15, 0.2) is 18.2 Å². The van der Waals surface area contributed by atoms with Crippen molar-refractivity contribution < 1.29 is 19.2 Å². The molecule has 0 bridgehead atoms. The zero-order valence-corrected chi connectivity index (χ0v) is 13.3. The summed E-state index contributed by atoms with van der Waals surface area (Å²) in [6.07, 6.45) is 3.01. The summed E-state index contributed by atoms with van der Waals surface area (Å²) in [4.78, 5) is 24.9. The number of likely N-dealkylation sites (tertiary alicyclic amines) is 1. The molecule has 1 amide bonds. The minimum absolute atomic E-state index is 0.0253. The molecule has 128 valence electrons. The molecule has 7 nitrogen and oxygen atoms in total. The van der Waals surface area contributed by atoms with Gasteiger partial charge in [0.2, 0.25) is 11.9 Å². The van der Waals surface area contributed by atoms with E-state index in [0.717, 1.165) is 36.3 Å². The molecule has 0 N–H and O–H groups in total. The molecule has 3 atom stereocenters. The first kappa shape index (κ1) is 15.2. The molecule has 1 aromatic rings. The van der Waals surface area contributed by atoms with Crippen molar-refractivity contribution in [3.05, 3.63) is 33.9 Å². The Bertz CT molecular complexity index is 677. The van der Waals surface area contributed by atoms with Crippen molar-refractivity contribution in [3.63, 3.8) is 0 Å². The quantitative estimate of drug-likeness (QED) is 0.626. The summed E-state index contributed by atoms with van der Waals surface area (Å²) in [5.41, 5.74) is 1.02. The SMILES string of the molecule is O=C([C@@H]1C[C@@H]1[N+](=O)[O-])N1CCC[C@@H]1c1ccc2c(c1)OCCCO2. The van der Waals surface area contributed by atoms with E-state index in [9.17, 15) is 14.9 Å². The lowest BCUT2D eigenvalue weighted by molar-refractivity contribution is -0.497. The number of rotatable bonds is 3. The number of fused-ring (bicyclic) bond motifs is 1. The Morgan fingerprint density at radius 1 is 1.21 bits per heavy atom. The minimum Gasteiger partial charge on any atom is -0.490 e. The molecule has 1 aliphatic carbocycles. The molecule has 7 heteroatoms. The van der Waals surface area contributed by atoms with Crippen molar-refractivity contribution in [1.29, 1.82) is 0 Å². The maximum absolute atomic E-state index is 12.6. The van der Waals surface area contributed by atoms with Gasteiger partial charge in [0.15, 0.2) is 11.5 Å². The van der Waals surface area contributed by atoms with Crippen LogP contribution in [0.5, 0.6) is 11.5 Å². The van der Waals surface area contributed by atoms with Crippen molar-refractivity contribution in [3.8, 4) is 11.5 Å². The molecule has 1 saturated carbocycles. The van der Waals surface area contributed by atoms with E-state index in [1.54, 1.807) is 0 Å². The van der Waals surface area contributed by atoms with E-state index in [2.05, 4.69) is 0 Å². The molecule has 0 spiro atoms. The van der Waals surface area contributed by atoms with E-state index < -0.39 is 12.0 Å². The third-order valence-corrected chi connectivity index (χ3v) is 5.04. The second-order valence-corrected chi connectivity index (χ2v) is 6.64. The van der Waals surface area contributed by atoms with Crippen molar-refractivity contribution in [2.75, 3.05) is 19.8 Å². The topological polar surface area (TPSA) is 81.9 Å². The van der Waals surface area contributed by atoms with Crippen LogP contribution in [-0.4, -0.2) is 41.5 Å². The van der Waals surface area contributed by atoms with Gasteiger partial charge in [0.05, 0.1) is 19.3 Å². The van der Waals surface area contributed by atoms with E-state index >= 15 is 0 Å². The minimum atomic E-state index is -0.692. The monoisotopic (exact) mass is 332 g/mol. The molecular weight excluding hydrogens is 312 g/mol. The Balaban J connectivity index is 1.54. The molecule has 4 rings (SSSR count). The Kier molecular flexibility index (Phi) is 3.78. The highest BCUT2D eigenvalue weighted by molar-refractivity contribution is 5.83. The smallest absolute Gasteiger partial charge is 0.233 e. The number of nitro groups is 1. The fourth-order valence-electron chi connectivity index (χ4n) is 3.66. The van der Waals surface area contributed by atoms with Crippen molar-refractivity contribution in [2.45, 2.75) is 37.8 Å². The van der Waals surface area contributed by atoms with Crippen molar-refractivity contribution in [1.82, 2.24) is 4.90 Å². The van der Waals surface area contributed by atoms with Crippen LogP contribution in [0.25, 0.3) is 0 Å². The largest absolute Gasteiger partial charge is 0.490 e. The Morgan fingerprint density at radius 2 is 2.00 bits per heavy atom. The van der Waals surface area contributed by atoms with Crippen LogP contribution in [0, 0.1) is 16.0 Å². The highest BCUT2D eigenvalue weighted by Crippen LogP contribution is 2.42. The summed E-state index contributed by atoms with van der Waals surface area (Å²) >= 11 is 0. The molecule has 2 aliphatic heterocycles. The number of hydrogen-bond acceptors (Lipinski definition) is 5. The second-order valence-electron chi connectivity index (χ2n) is 6.64. The molecule has 0 aromatic heterocycles. The van der Waals surface area contributed by atoms with E-state index in [1.807, 2.05) is 23.1 Å². The highest BCUT2D eigenvalue weighted by atomic mass is 16.6. The normalized spacial score (nSPS) is 28.3. The number of carbonyl (C=O) groups is 1. The molecule has 3 aliphatic rings. The number of carbonyl (C=O) groups excluding carboxylic acids is 1. The molecule has 24 heavy (non-hydrogen) atoms. The van der Waals surface area contributed by atoms with Crippen LogP contribution in [0.1, 0.15) is 37.3 Å². The van der Waals surface area contributed by atoms with Crippen LogP contribution in [0.2, 0.25) is 0 Å². The van der Waals surface area contributed by atoms with Gasteiger partial charge in [-0.05, 0) is 30.5 Å². The Labute approximate surface area is 139 Å². The van der Waals surface area contributed by atoms with E-state index in [-0.39, 0.29) is 16.9 Å². The molecule has 1 saturated heterocycles. The van der Waals surface area contributed by atoms with Gasteiger partial charge in [0.1, 0.15) is 5.92 Å². The van der Waals surface area contributed by atoms with Gasteiger partial charge in [-0.1, -0.05) is 6.07 Å². The lowest BCUT2D eigenvalue weighted by Gasteiger charge is -2.25.